The van der Waals surface area contributed by atoms with Crippen LogP contribution in [0.4, 0.5) is 0 Å². The van der Waals surface area contributed by atoms with E-state index in [1.54, 1.807) is 12.1 Å². The highest BCUT2D eigenvalue weighted by molar-refractivity contribution is 6.30. The number of aromatic nitrogens is 3. The Hall–Kier alpha value is -2.08. The molecule has 1 aromatic heterocycles. The average Bonchev–Trinajstić information content (AvgIpc) is 2.64. The SMILES string of the molecule is Cc1ccc(O)c(-n2nnc(Cl)c2CC(=O)O)c1. The van der Waals surface area contributed by atoms with Gasteiger partial charge in [0.1, 0.15) is 11.4 Å². The van der Waals surface area contributed by atoms with Crippen LogP contribution in [-0.2, 0) is 11.2 Å². The summed E-state index contributed by atoms with van der Waals surface area (Å²) < 4.78 is 1.23. The summed E-state index contributed by atoms with van der Waals surface area (Å²) in [6.07, 6.45) is -0.320. The minimum atomic E-state index is -1.05. The van der Waals surface area contributed by atoms with E-state index in [2.05, 4.69) is 10.3 Å². The van der Waals surface area contributed by atoms with E-state index in [4.69, 9.17) is 16.7 Å². The molecule has 94 valence electrons. The summed E-state index contributed by atoms with van der Waals surface area (Å²) in [5, 5.41) is 26.0. The normalized spacial score (nSPS) is 10.6. The molecule has 2 rings (SSSR count). The number of phenolic OH excluding ortho intramolecular Hbond substituents is 1. The Morgan fingerprint density at radius 3 is 2.89 bits per heavy atom. The standard InChI is InChI=1S/C11H10ClN3O3/c1-6-2-3-9(16)7(4-6)15-8(5-10(17)18)11(12)13-14-15/h2-4,16H,5H2,1H3,(H,17,18). The highest BCUT2D eigenvalue weighted by Gasteiger charge is 2.17. The molecule has 7 heteroatoms. The number of carboxylic acids is 1. The van der Waals surface area contributed by atoms with Crippen LogP contribution in [0.5, 0.6) is 5.75 Å². The van der Waals surface area contributed by atoms with Crippen molar-refractivity contribution in [3.8, 4) is 11.4 Å². The van der Waals surface area contributed by atoms with Gasteiger partial charge in [-0.05, 0) is 24.6 Å². The average molecular weight is 268 g/mol. The van der Waals surface area contributed by atoms with E-state index in [9.17, 15) is 9.90 Å². The quantitative estimate of drug-likeness (QED) is 0.881. The summed E-state index contributed by atoms with van der Waals surface area (Å²) in [4.78, 5) is 10.8. The van der Waals surface area contributed by atoms with E-state index in [0.29, 0.717) is 5.69 Å². The number of benzene rings is 1. The molecule has 0 saturated heterocycles. The van der Waals surface area contributed by atoms with Crippen LogP contribution in [0.2, 0.25) is 5.15 Å². The van der Waals surface area contributed by atoms with Gasteiger partial charge in [0.25, 0.3) is 0 Å². The first-order chi connectivity index (χ1) is 8.49. The first kappa shape index (κ1) is 12.4. The predicted molar refractivity (Wildman–Crippen MR) is 64.1 cm³/mol. The van der Waals surface area contributed by atoms with Crippen molar-refractivity contribution in [1.82, 2.24) is 15.0 Å². The second-order valence-electron chi connectivity index (χ2n) is 3.80. The lowest BCUT2D eigenvalue weighted by Gasteiger charge is -2.07. The lowest BCUT2D eigenvalue weighted by molar-refractivity contribution is -0.136. The van der Waals surface area contributed by atoms with Gasteiger partial charge < -0.3 is 10.2 Å². The summed E-state index contributed by atoms with van der Waals surface area (Å²) in [5.41, 5.74) is 1.48. The largest absolute Gasteiger partial charge is 0.506 e. The van der Waals surface area contributed by atoms with E-state index >= 15 is 0 Å². The molecule has 0 bridgehead atoms. The van der Waals surface area contributed by atoms with Crippen LogP contribution in [0.3, 0.4) is 0 Å². The first-order valence-corrected chi connectivity index (χ1v) is 5.48. The second kappa shape index (κ2) is 4.66. The maximum atomic E-state index is 10.8. The van der Waals surface area contributed by atoms with Gasteiger partial charge in [-0.3, -0.25) is 4.79 Å². The highest BCUT2D eigenvalue weighted by atomic mass is 35.5. The van der Waals surface area contributed by atoms with E-state index in [1.807, 2.05) is 6.92 Å². The zero-order chi connectivity index (χ0) is 13.3. The third-order valence-corrected chi connectivity index (χ3v) is 2.69. The molecule has 2 N–H and O–H groups in total. The second-order valence-corrected chi connectivity index (χ2v) is 4.16. The first-order valence-electron chi connectivity index (χ1n) is 5.11. The fraction of sp³-hybridized carbons (Fsp3) is 0.182. The van der Waals surface area contributed by atoms with Gasteiger partial charge in [0.05, 0.1) is 12.1 Å². The molecule has 0 amide bonds. The van der Waals surface area contributed by atoms with Gasteiger partial charge in [0.2, 0.25) is 0 Å². The number of rotatable bonds is 3. The predicted octanol–water partition coefficient (Wildman–Crippen LogP) is 1.56. The zero-order valence-electron chi connectivity index (χ0n) is 9.46. The summed E-state index contributed by atoms with van der Waals surface area (Å²) in [7, 11) is 0. The molecule has 0 aliphatic heterocycles. The van der Waals surface area contributed by atoms with Crippen LogP contribution >= 0.6 is 11.6 Å². The Labute approximate surface area is 107 Å². The summed E-state index contributed by atoms with van der Waals surface area (Å²) in [6.45, 7) is 1.85. The third-order valence-electron chi connectivity index (χ3n) is 2.39. The van der Waals surface area contributed by atoms with Crippen molar-refractivity contribution in [2.75, 3.05) is 0 Å². The highest BCUT2D eigenvalue weighted by Crippen LogP contribution is 2.25. The summed E-state index contributed by atoms with van der Waals surface area (Å²) in [6, 6.07) is 4.91. The number of hydrogen-bond donors (Lipinski definition) is 2. The maximum Gasteiger partial charge on any atom is 0.309 e. The molecule has 1 aromatic carbocycles. The van der Waals surface area contributed by atoms with Gasteiger partial charge in [-0.25, -0.2) is 4.68 Å². The number of aromatic hydroxyl groups is 1. The van der Waals surface area contributed by atoms with E-state index in [0.717, 1.165) is 5.56 Å². The number of halogens is 1. The maximum absolute atomic E-state index is 10.8. The molecular formula is C11H10ClN3O3. The van der Waals surface area contributed by atoms with Crippen molar-refractivity contribution in [3.05, 3.63) is 34.6 Å². The molecule has 1 heterocycles. The zero-order valence-corrected chi connectivity index (χ0v) is 10.2. The van der Waals surface area contributed by atoms with Crippen molar-refractivity contribution in [2.45, 2.75) is 13.3 Å². The Morgan fingerprint density at radius 2 is 2.22 bits per heavy atom. The van der Waals surface area contributed by atoms with Gasteiger partial charge in [-0.15, -0.1) is 5.10 Å². The molecular weight excluding hydrogens is 258 g/mol. The molecule has 0 aliphatic rings. The smallest absolute Gasteiger partial charge is 0.309 e. The summed E-state index contributed by atoms with van der Waals surface area (Å²) in [5.74, 6) is -1.07. The van der Waals surface area contributed by atoms with Crippen LogP contribution in [-0.4, -0.2) is 31.2 Å². The van der Waals surface area contributed by atoms with Crippen LogP contribution in [0.15, 0.2) is 18.2 Å². The number of phenols is 1. The molecule has 0 fully saturated rings. The molecule has 0 aliphatic carbocycles. The monoisotopic (exact) mass is 267 g/mol. The number of nitrogens with zero attached hydrogens (tertiary/aromatic N) is 3. The van der Waals surface area contributed by atoms with Crippen molar-refractivity contribution >= 4 is 17.6 Å². The topological polar surface area (TPSA) is 88.2 Å². The van der Waals surface area contributed by atoms with E-state index in [-0.39, 0.29) is 23.0 Å². The molecule has 2 aromatic rings. The Balaban J connectivity index is 2.57. The number of carboxylic acid groups (broad SMARTS) is 1. The van der Waals surface area contributed by atoms with Crippen LogP contribution in [0.25, 0.3) is 5.69 Å². The van der Waals surface area contributed by atoms with E-state index < -0.39 is 5.97 Å². The Bertz CT molecular complexity index is 610. The van der Waals surface area contributed by atoms with Crippen molar-refractivity contribution in [1.29, 1.82) is 0 Å². The van der Waals surface area contributed by atoms with Crippen molar-refractivity contribution in [2.24, 2.45) is 0 Å². The minimum Gasteiger partial charge on any atom is -0.506 e. The number of hydrogen-bond acceptors (Lipinski definition) is 4. The lowest BCUT2D eigenvalue weighted by atomic mass is 10.2. The van der Waals surface area contributed by atoms with Gasteiger partial charge in [0, 0.05) is 0 Å². The minimum absolute atomic E-state index is 0.0123. The fourth-order valence-corrected chi connectivity index (χ4v) is 1.75. The van der Waals surface area contributed by atoms with Gasteiger partial charge in [-0.1, -0.05) is 22.9 Å². The van der Waals surface area contributed by atoms with Crippen molar-refractivity contribution in [3.63, 3.8) is 0 Å². The molecule has 0 radical (unpaired) electrons. The number of aliphatic carboxylic acids is 1. The van der Waals surface area contributed by atoms with Crippen molar-refractivity contribution < 1.29 is 15.0 Å². The molecule has 6 nitrogen and oxygen atoms in total. The summed E-state index contributed by atoms with van der Waals surface area (Å²) >= 11 is 5.79. The van der Waals surface area contributed by atoms with Crippen LogP contribution in [0.1, 0.15) is 11.3 Å². The molecule has 18 heavy (non-hydrogen) atoms. The third kappa shape index (κ3) is 2.28. The van der Waals surface area contributed by atoms with E-state index in [1.165, 1.54) is 10.7 Å². The fourth-order valence-electron chi connectivity index (χ4n) is 1.57. The van der Waals surface area contributed by atoms with Gasteiger partial charge in [0.15, 0.2) is 5.15 Å². The number of carbonyl (C=O) groups is 1. The van der Waals surface area contributed by atoms with Crippen LogP contribution < -0.4 is 0 Å². The van der Waals surface area contributed by atoms with Gasteiger partial charge >= 0.3 is 5.97 Å². The lowest BCUT2D eigenvalue weighted by Crippen LogP contribution is -2.08. The Morgan fingerprint density at radius 1 is 1.50 bits per heavy atom. The van der Waals surface area contributed by atoms with Gasteiger partial charge in [-0.2, -0.15) is 0 Å². The number of aryl methyl sites for hydroxylation is 1. The van der Waals surface area contributed by atoms with Crippen LogP contribution in [0, 0.1) is 6.92 Å². The molecule has 0 spiro atoms. The molecule has 0 atom stereocenters. The Kier molecular flexibility index (Phi) is 3.20. The molecule has 0 unspecified atom stereocenters. The molecule has 0 saturated carbocycles.